The van der Waals surface area contributed by atoms with E-state index in [0.717, 1.165) is 12.8 Å². The van der Waals surface area contributed by atoms with Crippen LogP contribution in [0.4, 0.5) is 4.39 Å². The van der Waals surface area contributed by atoms with Gasteiger partial charge in [-0.05, 0) is 31.0 Å². The molecule has 1 aromatic heterocycles. The van der Waals surface area contributed by atoms with Crippen molar-refractivity contribution < 1.29 is 14.3 Å². The molecule has 0 atom stereocenters. The van der Waals surface area contributed by atoms with Crippen molar-refractivity contribution in [3.8, 4) is 0 Å². The minimum absolute atomic E-state index is 0.0198. The molecule has 0 spiro atoms. The minimum atomic E-state index is -1.11. The molecule has 0 bridgehead atoms. The lowest BCUT2D eigenvalue weighted by molar-refractivity contribution is 0.0699. The lowest BCUT2D eigenvalue weighted by Crippen LogP contribution is -2.03. The van der Waals surface area contributed by atoms with E-state index >= 15 is 0 Å². The van der Waals surface area contributed by atoms with Crippen molar-refractivity contribution >= 4 is 28.5 Å². The Kier molecular flexibility index (Phi) is 2.48. The average molecular weight is 266 g/mol. The van der Waals surface area contributed by atoms with Crippen LogP contribution in [0.1, 0.15) is 34.8 Å². The van der Waals surface area contributed by atoms with E-state index in [1.807, 2.05) is 0 Å². The van der Waals surface area contributed by atoms with Crippen molar-refractivity contribution in [1.82, 2.24) is 4.98 Å². The van der Waals surface area contributed by atoms with E-state index in [2.05, 4.69) is 4.98 Å². The van der Waals surface area contributed by atoms with Gasteiger partial charge in [-0.3, -0.25) is 0 Å². The molecule has 1 fully saturated rings. The summed E-state index contributed by atoms with van der Waals surface area (Å²) in [6, 6.07) is 4.07. The fourth-order valence-electron chi connectivity index (χ4n) is 2.04. The second-order valence-electron chi connectivity index (χ2n) is 4.43. The molecular formula is C13H9ClFNO2. The fourth-order valence-corrected chi connectivity index (χ4v) is 2.30. The van der Waals surface area contributed by atoms with Gasteiger partial charge in [0.15, 0.2) is 0 Å². The Balaban J connectivity index is 2.40. The molecule has 1 aromatic carbocycles. The van der Waals surface area contributed by atoms with Crippen LogP contribution in [-0.2, 0) is 0 Å². The number of hydrogen-bond donors (Lipinski definition) is 1. The van der Waals surface area contributed by atoms with Crippen LogP contribution in [0, 0.1) is 5.82 Å². The van der Waals surface area contributed by atoms with Gasteiger partial charge in [-0.1, -0.05) is 11.6 Å². The van der Waals surface area contributed by atoms with Gasteiger partial charge < -0.3 is 5.11 Å². The minimum Gasteiger partial charge on any atom is -0.478 e. The third-order valence-electron chi connectivity index (χ3n) is 3.11. The summed E-state index contributed by atoms with van der Waals surface area (Å²) in [4.78, 5) is 15.5. The monoisotopic (exact) mass is 265 g/mol. The molecule has 2 aromatic rings. The van der Waals surface area contributed by atoms with Gasteiger partial charge in [0.2, 0.25) is 0 Å². The van der Waals surface area contributed by atoms with E-state index in [4.69, 9.17) is 11.6 Å². The van der Waals surface area contributed by atoms with Crippen molar-refractivity contribution in [2.75, 3.05) is 0 Å². The fraction of sp³-hybridized carbons (Fsp3) is 0.231. The van der Waals surface area contributed by atoms with Gasteiger partial charge in [-0.15, -0.1) is 0 Å². The van der Waals surface area contributed by atoms with Gasteiger partial charge >= 0.3 is 5.97 Å². The number of aromatic carboxylic acids is 1. The molecule has 3 rings (SSSR count). The van der Waals surface area contributed by atoms with Crippen molar-refractivity contribution in [3.05, 3.63) is 40.3 Å². The molecule has 18 heavy (non-hydrogen) atoms. The summed E-state index contributed by atoms with van der Waals surface area (Å²) in [5.41, 5.74) is 0.705. The predicted molar refractivity (Wildman–Crippen MR) is 65.6 cm³/mol. The smallest absolute Gasteiger partial charge is 0.336 e. The van der Waals surface area contributed by atoms with E-state index in [-0.39, 0.29) is 27.4 Å². The molecule has 3 nitrogen and oxygen atoms in total. The number of benzene rings is 1. The topological polar surface area (TPSA) is 50.2 Å². The number of pyridine rings is 1. The Bertz CT molecular complexity index is 668. The highest BCUT2D eigenvalue weighted by Gasteiger charge is 2.28. The van der Waals surface area contributed by atoms with Gasteiger partial charge in [0.05, 0.1) is 10.6 Å². The summed E-state index contributed by atoms with van der Waals surface area (Å²) in [7, 11) is 0. The van der Waals surface area contributed by atoms with Gasteiger partial charge in [-0.25, -0.2) is 14.2 Å². The lowest BCUT2D eigenvalue weighted by atomic mass is 10.1. The Hall–Kier alpha value is -1.68. The maximum atomic E-state index is 13.8. The van der Waals surface area contributed by atoms with E-state index in [0.29, 0.717) is 5.69 Å². The summed E-state index contributed by atoms with van der Waals surface area (Å²) in [6.07, 6.45) is 1.94. The van der Waals surface area contributed by atoms with Gasteiger partial charge in [0.25, 0.3) is 0 Å². The zero-order valence-corrected chi connectivity index (χ0v) is 10.0. The SMILES string of the molecule is O=C(O)c1cc(C2CC2)nc2c(F)ccc(Cl)c12. The number of fused-ring (bicyclic) bond motifs is 1. The normalized spacial score (nSPS) is 15.0. The number of carboxylic acids is 1. The molecule has 1 aliphatic rings. The third kappa shape index (κ3) is 1.73. The van der Waals surface area contributed by atoms with E-state index in [1.54, 1.807) is 0 Å². The van der Waals surface area contributed by atoms with E-state index in [9.17, 15) is 14.3 Å². The maximum absolute atomic E-state index is 13.8. The number of aromatic nitrogens is 1. The zero-order valence-electron chi connectivity index (χ0n) is 9.28. The van der Waals surface area contributed by atoms with Crippen molar-refractivity contribution in [1.29, 1.82) is 0 Å². The molecular weight excluding hydrogens is 257 g/mol. The molecule has 1 saturated carbocycles. The first-order valence-electron chi connectivity index (χ1n) is 5.60. The summed E-state index contributed by atoms with van der Waals surface area (Å²) in [5, 5.41) is 9.60. The van der Waals surface area contributed by atoms with Crippen LogP contribution in [-0.4, -0.2) is 16.1 Å². The van der Waals surface area contributed by atoms with Crippen LogP contribution in [0.5, 0.6) is 0 Å². The van der Waals surface area contributed by atoms with Crippen molar-refractivity contribution in [3.63, 3.8) is 0 Å². The van der Waals surface area contributed by atoms with E-state index in [1.165, 1.54) is 18.2 Å². The molecule has 1 aliphatic carbocycles. The first-order valence-corrected chi connectivity index (χ1v) is 5.97. The quantitative estimate of drug-likeness (QED) is 0.902. The second kappa shape index (κ2) is 3.92. The molecule has 0 unspecified atom stereocenters. The number of halogens is 2. The van der Waals surface area contributed by atoms with Gasteiger partial charge in [0, 0.05) is 17.0 Å². The Morgan fingerprint density at radius 3 is 2.78 bits per heavy atom. The average Bonchev–Trinajstić information content (AvgIpc) is 3.16. The van der Waals surface area contributed by atoms with Crippen LogP contribution in [0.3, 0.4) is 0 Å². The molecule has 1 heterocycles. The molecule has 5 heteroatoms. The predicted octanol–water partition coefficient (Wildman–Crippen LogP) is 3.60. The van der Waals surface area contributed by atoms with Gasteiger partial charge in [0.1, 0.15) is 11.3 Å². The highest BCUT2D eigenvalue weighted by atomic mass is 35.5. The highest BCUT2D eigenvalue weighted by molar-refractivity contribution is 6.36. The maximum Gasteiger partial charge on any atom is 0.336 e. The van der Waals surface area contributed by atoms with E-state index < -0.39 is 11.8 Å². The van der Waals surface area contributed by atoms with Crippen LogP contribution in [0.15, 0.2) is 18.2 Å². The van der Waals surface area contributed by atoms with Crippen molar-refractivity contribution in [2.45, 2.75) is 18.8 Å². The standard InChI is InChI=1S/C13H9ClFNO2/c14-8-3-4-9(15)12-11(8)7(13(17)18)5-10(16-12)6-1-2-6/h3-6H,1-2H2,(H,17,18). The molecule has 92 valence electrons. The summed E-state index contributed by atoms with van der Waals surface area (Å²) < 4.78 is 13.8. The van der Waals surface area contributed by atoms with Crippen LogP contribution in [0.2, 0.25) is 5.02 Å². The molecule has 0 aliphatic heterocycles. The largest absolute Gasteiger partial charge is 0.478 e. The van der Waals surface area contributed by atoms with Crippen molar-refractivity contribution in [2.24, 2.45) is 0 Å². The number of carbonyl (C=O) groups is 1. The molecule has 0 saturated heterocycles. The summed E-state index contributed by atoms with van der Waals surface area (Å²) in [5.74, 6) is -1.40. The summed E-state index contributed by atoms with van der Waals surface area (Å²) >= 11 is 5.96. The Morgan fingerprint density at radius 1 is 1.44 bits per heavy atom. The highest BCUT2D eigenvalue weighted by Crippen LogP contribution is 2.41. The number of nitrogens with zero attached hydrogens (tertiary/aromatic N) is 1. The van der Waals surface area contributed by atoms with Crippen LogP contribution < -0.4 is 0 Å². The number of carboxylic acid groups (broad SMARTS) is 1. The third-order valence-corrected chi connectivity index (χ3v) is 3.42. The molecule has 0 amide bonds. The Labute approximate surface area is 107 Å². The van der Waals surface area contributed by atoms with Gasteiger partial charge in [-0.2, -0.15) is 0 Å². The molecule has 0 radical (unpaired) electrons. The first kappa shape index (κ1) is 11.4. The Morgan fingerprint density at radius 2 is 2.17 bits per heavy atom. The van der Waals surface area contributed by atoms with Crippen LogP contribution in [0.25, 0.3) is 10.9 Å². The second-order valence-corrected chi connectivity index (χ2v) is 4.83. The first-order chi connectivity index (χ1) is 8.58. The number of hydrogen-bond acceptors (Lipinski definition) is 2. The lowest BCUT2D eigenvalue weighted by Gasteiger charge is -2.08. The molecule has 1 N–H and O–H groups in total. The van der Waals surface area contributed by atoms with Crippen LogP contribution >= 0.6 is 11.6 Å². The number of rotatable bonds is 2. The summed E-state index contributed by atoms with van der Waals surface area (Å²) in [6.45, 7) is 0. The zero-order chi connectivity index (χ0) is 12.9.